The number of hydrogen-bond acceptors (Lipinski definition) is 5. The molecule has 6 nitrogen and oxygen atoms in total. The monoisotopic (exact) mass is 365 g/mol. The number of ketones is 1. The van der Waals surface area contributed by atoms with Gasteiger partial charge in [-0.1, -0.05) is 18.2 Å². The van der Waals surface area contributed by atoms with Crippen LogP contribution in [0.15, 0.2) is 48.5 Å². The van der Waals surface area contributed by atoms with Crippen LogP contribution in [0, 0.1) is 0 Å². The number of carbonyl (C=O) groups is 2. The zero-order chi connectivity index (χ0) is 19.0. The van der Waals surface area contributed by atoms with Crippen molar-refractivity contribution < 1.29 is 14.3 Å². The number of benzene rings is 2. The van der Waals surface area contributed by atoms with Gasteiger partial charge >= 0.3 is 0 Å². The third-order valence-corrected chi connectivity index (χ3v) is 5.33. The maximum atomic E-state index is 13.0. The SMILES string of the molecule is COc1cccc(N2CCN([C@H]3C(=O)c4ccccc4N3C(C)=O)CC2)c1. The molecule has 2 aliphatic rings. The van der Waals surface area contributed by atoms with Gasteiger partial charge in [0, 0.05) is 50.4 Å². The molecule has 2 heterocycles. The number of methoxy groups -OCH3 is 1. The molecule has 2 aromatic rings. The van der Waals surface area contributed by atoms with Crippen LogP contribution in [-0.4, -0.2) is 56.0 Å². The van der Waals surface area contributed by atoms with Gasteiger partial charge in [0.2, 0.25) is 11.7 Å². The van der Waals surface area contributed by atoms with Crippen molar-refractivity contribution in [1.29, 1.82) is 0 Å². The maximum absolute atomic E-state index is 13.0. The summed E-state index contributed by atoms with van der Waals surface area (Å²) in [5.41, 5.74) is 2.46. The normalized spacial score (nSPS) is 19.9. The molecule has 0 aliphatic carbocycles. The molecule has 0 bridgehead atoms. The van der Waals surface area contributed by atoms with Gasteiger partial charge in [-0.3, -0.25) is 19.4 Å². The number of fused-ring (bicyclic) bond motifs is 1. The number of para-hydroxylation sites is 1. The molecule has 1 saturated heterocycles. The summed E-state index contributed by atoms with van der Waals surface area (Å²) >= 11 is 0. The lowest BCUT2D eigenvalue weighted by Gasteiger charge is -2.40. The Morgan fingerprint density at radius 2 is 1.78 bits per heavy atom. The van der Waals surface area contributed by atoms with Crippen LogP contribution in [0.25, 0.3) is 0 Å². The van der Waals surface area contributed by atoms with Crippen LogP contribution in [0.2, 0.25) is 0 Å². The van der Waals surface area contributed by atoms with Gasteiger partial charge in [0.1, 0.15) is 5.75 Å². The molecule has 0 unspecified atom stereocenters. The minimum absolute atomic E-state index is 0.00984. The topological polar surface area (TPSA) is 53.1 Å². The molecular weight excluding hydrogens is 342 g/mol. The lowest BCUT2D eigenvalue weighted by molar-refractivity contribution is -0.117. The number of amides is 1. The summed E-state index contributed by atoms with van der Waals surface area (Å²) in [5.74, 6) is 0.739. The molecule has 0 N–H and O–H groups in total. The zero-order valence-corrected chi connectivity index (χ0v) is 15.6. The van der Waals surface area contributed by atoms with Crippen LogP contribution in [0.3, 0.4) is 0 Å². The summed E-state index contributed by atoms with van der Waals surface area (Å²) < 4.78 is 5.31. The van der Waals surface area contributed by atoms with Crippen molar-refractivity contribution in [3.05, 3.63) is 54.1 Å². The Kier molecular flexibility index (Phi) is 4.58. The first-order valence-electron chi connectivity index (χ1n) is 9.16. The molecule has 4 rings (SSSR count). The first-order valence-corrected chi connectivity index (χ1v) is 9.16. The van der Waals surface area contributed by atoms with Crippen molar-refractivity contribution in [2.24, 2.45) is 0 Å². The second kappa shape index (κ2) is 7.04. The molecule has 2 aromatic carbocycles. The van der Waals surface area contributed by atoms with E-state index in [0.717, 1.165) is 30.2 Å². The molecular formula is C21H23N3O3. The molecule has 1 fully saturated rings. The van der Waals surface area contributed by atoms with E-state index in [2.05, 4.69) is 15.9 Å². The van der Waals surface area contributed by atoms with Crippen LogP contribution >= 0.6 is 0 Å². The Bertz CT molecular complexity index is 874. The van der Waals surface area contributed by atoms with E-state index >= 15 is 0 Å². The molecule has 0 aromatic heterocycles. The van der Waals surface area contributed by atoms with Crippen molar-refractivity contribution in [2.75, 3.05) is 43.1 Å². The third-order valence-electron chi connectivity index (χ3n) is 5.33. The van der Waals surface area contributed by atoms with Gasteiger partial charge in [0.15, 0.2) is 6.17 Å². The predicted octanol–water partition coefficient (Wildman–Crippen LogP) is 2.39. The van der Waals surface area contributed by atoms with Crippen LogP contribution in [0.1, 0.15) is 17.3 Å². The van der Waals surface area contributed by atoms with E-state index in [1.54, 1.807) is 18.1 Å². The van der Waals surface area contributed by atoms with E-state index in [4.69, 9.17) is 4.74 Å². The van der Waals surface area contributed by atoms with Crippen LogP contribution < -0.4 is 14.5 Å². The Morgan fingerprint density at radius 1 is 1.04 bits per heavy atom. The summed E-state index contributed by atoms with van der Waals surface area (Å²) in [6.45, 7) is 4.53. The zero-order valence-electron chi connectivity index (χ0n) is 15.6. The van der Waals surface area contributed by atoms with Gasteiger partial charge in [0.05, 0.1) is 12.8 Å². The van der Waals surface area contributed by atoms with E-state index in [0.29, 0.717) is 18.7 Å². The van der Waals surface area contributed by atoms with Crippen molar-refractivity contribution in [3.8, 4) is 5.75 Å². The fraction of sp³-hybridized carbons (Fsp3) is 0.333. The van der Waals surface area contributed by atoms with Gasteiger partial charge in [-0.2, -0.15) is 0 Å². The maximum Gasteiger partial charge on any atom is 0.225 e. The number of carbonyl (C=O) groups excluding carboxylic acids is 2. The number of anilines is 2. The highest BCUT2D eigenvalue weighted by Crippen LogP contribution is 2.34. The number of piperazine rings is 1. The van der Waals surface area contributed by atoms with Crippen molar-refractivity contribution >= 4 is 23.1 Å². The van der Waals surface area contributed by atoms with Gasteiger partial charge in [-0.15, -0.1) is 0 Å². The summed E-state index contributed by atoms with van der Waals surface area (Å²) in [6.07, 6.45) is -0.535. The largest absolute Gasteiger partial charge is 0.497 e. The Labute approximate surface area is 158 Å². The number of rotatable bonds is 3. The smallest absolute Gasteiger partial charge is 0.225 e. The van der Waals surface area contributed by atoms with E-state index < -0.39 is 6.17 Å². The first kappa shape index (κ1) is 17.5. The number of Topliss-reactive ketones (excluding diaryl/α,β-unsaturated/α-hetero) is 1. The van der Waals surface area contributed by atoms with E-state index in [1.165, 1.54) is 6.92 Å². The van der Waals surface area contributed by atoms with Crippen LogP contribution in [0.4, 0.5) is 11.4 Å². The number of ether oxygens (including phenoxy) is 1. The number of nitrogens with zero attached hydrogens (tertiary/aromatic N) is 3. The van der Waals surface area contributed by atoms with Gasteiger partial charge in [-0.25, -0.2) is 0 Å². The molecule has 27 heavy (non-hydrogen) atoms. The van der Waals surface area contributed by atoms with E-state index in [-0.39, 0.29) is 11.7 Å². The predicted molar refractivity (Wildman–Crippen MR) is 105 cm³/mol. The third kappa shape index (κ3) is 3.06. The average molecular weight is 365 g/mol. The lowest BCUT2D eigenvalue weighted by atomic mass is 10.1. The molecule has 0 saturated carbocycles. The quantitative estimate of drug-likeness (QED) is 0.836. The lowest BCUT2D eigenvalue weighted by Crippen LogP contribution is -2.58. The highest BCUT2D eigenvalue weighted by atomic mass is 16.5. The molecule has 2 aliphatic heterocycles. The standard InChI is InChI=1S/C21H23N3O3/c1-15(25)24-19-9-4-3-8-18(19)20(26)21(24)23-12-10-22(11-13-23)16-6-5-7-17(14-16)27-2/h3-9,14,21H,10-13H2,1-2H3/t21-/m1/s1. The first-order chi connectivity index (χ1) is 13.1. The molecule has 1 amide bonds. The van der Waals surface area contributed by atoms with Crippen molar-refractivity contribution in [2.45, 2.75) is 13.1 Å². The molecule has 0 spiro atoms. The highest BCUT2D eigenvalue weighted by Gasteiger charge is 2.43. The van der Waals surface area contributed by atoms with E-state index in [1.807, 2.05) is 36.4 Å². The fourth-order valence-electron chi connectivity index (χ4n) is 3.98. The van der Waals surface area contributed by atoms with Crippen molar-refractivity contribution in [1.82, 2.24) is 4.90 Å². The Hall–Kier alpha value is -2.86. The minimum Gasteiger partial charge on any atom is -0.497 e. The molecule has 1 atom stereocenters. The van der Waals surface area contributed by atoms with Crippen LogP contribution in [0.5, 0.6) is 5.75 Å². The van der Waals surface area contributed by atoms with Crippen LogP contribution in [-0.2, 0) is 4.79 Å². The minimum atomic E-state index is -0.535. The van der Waals surface area contributed by atoms with Gasteiger partial charge < -0.3 is 9.64 Å². The summed E-state index contributed by atoms with van der Waals surface area (Å²) in [6, 6.07) is 15.4. The summed E-state index contributed by atoms with van der Waals surface area (Å²) in [5, 5.41) is 0. The second-order valence-corrected chi connectivity index (χ2v) is 6.87. The highest BCUT2D eigenvalue weighted by molar-refractivity contribution is 6.17. The summed E-state index contributed by atoms with van der Waals surface area (Å²) in [4.78, 5) is 31.3. The second-order valence-electron chi connectivity index (χ2n) is 6.87. The Balaban J connectivity index is 1.52. The Morgan fingerprint density at radius 3 is 2.48 bits per heavy atom. The fourth-order valence-corrected chi connectivity index (χ4v) is 3.98. The molecule has 140 valence electrons. The number of hydrogen-bond donors (Lipinski definition) is 0. The average Bonchev–Trinajstić information content (AvgIpc) is 3.01. The van der Waals surface area contributed by atoms with E-state index in [9.17, 15) is 9.59 Å². The molecule has 6 heteroatoms. The van der Waals surface area contributed by atoms with Gasteiger partial charge in [-0.05, 0) is 24.3 Å². The van der Waals surface area contributed by atoms with Crippen molar-refractivity contribution in [3.63, 3.8) is 0 Å². The van der Waals surface area contributed by atoms with Gasteiger partial charge in [0.25, 0.3) is 0 Å². The molecule has 0 radical (unpaired) electrons. The summed E-state index contributed by atoms with van der Waals surface area (Å²) in [7, 11) is 1.66.